The average Bonchev–Trinajstić information content (AvgIpc) is 2.31. The summed E-state index contributed by atoms with van der Waals surface area (Å²) in [5.74, 6) is -0.970. The van der Waals surface area contributed by atoms with Gasteiger partial charge in [0, 0.05) is 12.0 Å². The van der Waals surface area contributed by atoms with E-state index in [1.54, 1.807) is 34.6 Å². The van der Waals surface area contributed by atoms with Crippen molar-refractivity contribution in [3.63, 3.8) is 0 Å². The van der Waals surface area contributed by atoms with Crippen molar-refractivity contribution in [2.45, 2.75) is 73.0 Å². The van der Waals surface area contributed by atoms with Crippen molar-refractivity contribution in [2.75, 3.05) is 0 Å². The molecule has 1 aliphatic carbocycles. The zero-order chi connectivity index (χ0) is 16.9. The summed E-state index contributed by atoms with van der Waals surface area (Å²) in [6.45, 7) is 13.8. The fraction of sp³-hybridized carbons (Fsp3) is 0.812. The van der Waals surface area contributed by atoms with Crippen LogP contribution >= 0.6 is 0 Å². The van der Waals surface area contributed by atoms with Gasteiger partial charge >= 0.3 is 5.97 Å². The number of esters is 1. The third kappa shape index (κ3) is 2.36. The standard InChI is InChI=1S/C16H27NO4/c1-9-10(18)21-16(12(20)17-13(2,3)4)14(5,6)11(19)15(16,7)8/h9H2,1-8H3,(H,17,20). The van der Waals surface area contributed by atoms with Crippen molar-refractivity contribution in [3.8, 4) is 0 Å². The Morgan fingerprint density at radius 3 is 1.86 bits per heavy atom. The van der Waals surface area contributed by atoms with E-state index < -0.39 is 33.8 Å². The van der Waals surface area contributed by atoms with Crippen molar-refractivity contribution >= 4 is 17.7 Å². The maximum absolute atomic E-state index is 12.9. The summed E-state index contributed by atoms with van der Waals surface area (Å²) in [5, 5.41) is 2.85. The number of hydrogen-bond donors (Lipinski definition) is 1. The van der Waals surface area contributed by atoms with E-state index in [0.29, 0.717) is 0 Å². The number of nitrogens with one attached hydrogen (secondary N) is 1. The van der Waals surface area contributed by atoms with Gasteiger partial charge in [-0.1, -0.05) is 6.92 Å². The van der Waals surface area contributed by atoms with Crippen LogP contribution in [0.5, 0.6) is 0 Å². The third-order valence-electron chi connectivity index (χ3n) is 4.26. The Bertz CT molecular complexity index is 465. The molecule has 0 radical (unpaired) electrons. The van der Waals surface area contributed by atoms with Crippen LogP contribution in [0.4, 0.5) is 0 Å². The molecule has 0 atom stereocenters. The maximum Gasteiger partial charge on any atom is 0.306 e. The van der Waals surface area contributed by atoms with Gasteiger partial charge in [0.15, 0.2) is 5.78 Å². The molecule has 0 spiro atoms. The Labute approximate surface area is 126 Å². The van der Waals surface area contributed by atoms with Gasteiger partial charge in [-0.25, -0.2) is 0 Å². The van der Waals surface area contributed by atoms with E-state index in [9.17, 15) is 14.4 Å². The highest BCUT2D eigenvalue weighted by Gasteiger charge is 2.79. The lowest BCUT2D eigenvalue weighted by Gasteiger charge is -2.62. The van der Waals surface area contributed by atoms with Crippen molar-refractivity contribution in [2.24, 2.45) is 10.8 Å². The van der Waals surface area contributed by atoms with Gasteiger partial charge < -0.3 is 10.1 Å². The Hall–Kier alpha value is -1.39. The second-order valence-corrected chi connectivity index (χ2v) is 7.79. The number of amides is 1. The van der Waals surface area contributed by atoms with E-state index in [0.717, 1.165) is 0 Å². The first-order valence-electron chi connectivity index (χ1n) is 7.33. The van der Waals surface area contributed by atoms with E-state index in [1.165, 1.54) is 0 Å². The van der Waals surface area contributed by atoms with Gasteiger partial charge in [0.2, 0.25) is 5.60 Å². The minimum absolute atomic E-state index is 0.0806. The first-order chi connectivity index (χ1) is 9.24. The summed E-state index contributed by atoms with van der Waals surface area (Å²) < 4.78 is 5.56. The SMILES string of the molecule is CCC(=O)OC1(C(=O)NC(C)(C)C)C(C)(C)C(=O)C1(C)C. The number of ketones is 1. The molecule has 5 nitrogen and oxygen atoms in total. The molecule has 1 rings (SSSR count). The van der Waals surface area contributed by atoms with Crippen LogP contribution < -0.4 is 5.32 Å². The smallest absolute Gasteiger partial charge is 0.306 e. The summed E-state index contributed by atoms with van der Waals surface area (Å²) in [4.78, 5) is 37.1. The van der Waals surface area contributed by atoms with Crippen LogP contribution in [0, 0.1) is 10.8 Å². The molecule has 1 aliphatic rings. The molecule has 1 amide bonds. The number of carbonyl (C=O) groups excluding carboxylic acids is 3. The number of carbonyl (C=O) groups is 3. The molecule has 0 saturated heterocycles. The monoisotopic (exact) mass is 297 g/mol. The highest BCUT2D eigenvalue weighted by molar-refractivity contribution is 6.11. The lowest BCUT2D eigenvalue weighted by Crippen LogP contribution is -2.81. The maximum atomic E-state index is 12.9. The fourth-order valence-electron chi connectivity index (χ4n) is 3.36. The molecule has 0 aromatic rings. The molecule has 21 heavy (non-hydrogen) atoms. The number of Topliss-reactive ketones (excluding diaryl/α,β-unsaturated/α-hetero) is 1. The van der Waals surface area contributed by atoms with E-state index in [4.69, 9.17) is 4.74 Å². The Morgan fingerprint density at radius 1 is 1.10 bits per heavy atom. The van der Waals surface area contributed by atoms with Gasteiger partial charge in [-0.05, 0) is 48.5 Å². The van der Waals surface area contributed by atoms with Gasteiger partial charge in [0.05, 0.1) is 10.8 Å². The molecule has 1 saturated carbocycles. The molecular weight excluding hydrogens is 270 g/mol. The van der Waals surface area contributed by atoms with Gasteiger partial charge in [0.25, 0.3) is 5.91 Å². The second kappa shape index (κ2) is 4.82. The lowest BCUT2D eigenvalue weighted by molar-refractivity contribution is -0.236. The molecule has 0 heterocycles. The molecular formula is C16H27NO4. The molecule has 1 fully saturated rings. The van der Waals surface area contributed by atoms with Crippen LogP contribution in [0.15, 0.2) is 0 Å². The predicted octanol–water partition coefficient (Wildman–Crippen LogP) is 2.23. The minimum atomic E-state index is -1.47. The molecule has 0 aromatic heterocycles. The fourth-order valence-corrected chi connectivity index (χ4v) is 3.36. The number of ether oxygens (including phenoxy) is 1. The predicted molar refractivity (Wildman–Crippen MR) is 79.6 cm³/mol. The highest BCUT2D eigenvalue weighted by atomic mass is 16.6. The van der Waals surface area contributed by atoms with Gasteiger partial charge in [-0.15, -0.1) is 0 Å². The van der Waals surface area contributed by atoms with Crippen LogP contribution in [-0.4, -0.2) is 28.8 Å². The summed E-state index contributed by atoms with van der Waals surface area (Å²) in [5.41, 5.74) is -4.04. The number of rotatable bonds is 3. The summed E-state index contributed by atoms with van der Waals surface area (Å²) >= 11 is 0. The Morgan fingerprint density at radius 2 is 1.52 bits per heavy atom. The molecule has 120 valence electrons. The highest BCUT2D eigenvalue weighted by Crippen LogP contribution is 2.61. The quantitative estimate of drug-likeness (QED) is 0.811. The Kier molecular flexibility index (Phi) is 4.05. The van der Waals surface area contributed by atoms with Gasteiger partial charge in [-0.2, -0.15) is 0 Å². The van der Waals surface area contributed by atoms with Gasteiger partial charge in [-0.3, -0.25) is 14.4 Å². The minimum Gasteiger partial charge on any atom is -0.447 e. The van der Waals surface area contributed by atoms with Gasteiger partial charge in [0.1, 0.15) is 0 Å². The molecule has 1 N–H and O–H groups in total. The van der Waals surface area contributed by atoms with E-state index >= 15 is 0 Å². The average molecular weight is 297 g/mol. The van der Waals surface area contributed by atoms with Crippen LogP contribution in [-0.2, 0) is 19.1 Å². The largest absolute Gasteiger partial charge is 0.447 e. The van der Waals surface area contributed by atoms with E-state index in [1.807, 2.05) is 20.8 Å². The molecule has 0 unspecified atom stereocenters. The van der Waals surface area contributed by atoms with Crippen LogP contribution in [0.1, 0.15) is 61.8 Å². The first kappa shape index (κ1) is 17.7. The van der Waals surface area contributed by atoms with E-state index in [2.05, 4.69) is 5.32 Å². The van der Waals surface area contributed by atoms with E-state index in [-0.39, 0.29) is 12.2 Å². The second-order valence-electron chi connectivity index (χ2n) is 7.79. The third-order valence-corrected chi connectivity index (χ3v) is 4.26. The molecule has 0 bridgehead atoms. The van der Waals surface area contributed by atoms with Crippen LogP contribution in [0.3, 0.4) is 0 Å². The van der Waals surface area contributed by atoms with Crippen LogP contribution in [0.25, 0.3) is 0 Å². The van der Waals surface area contributed by atoms with Crippen molar-refractivity contribution in [1.82, 2.24) is 5.32 Å². The topological polar surface area (TPSA) is 72.5 Å². The zero-order valence-electron chi connectivity index (χ0n) is 14.3. The molecule has 5 heteroatoms. The normalized spacial score (nSPS) is 22.2. The summed E-state index contributed by atoms with van der Waals surface area (Å²) in [6.07, 6.45) is 0.158. The Balaban J connectivity index is 3.35. The van der Waals surface area contributed by atoms with Crippen molar-refractivity contribution in [3.05, 3.63) is 0 Å². The first-order valence-corrected chi connectivity index (χ1v) is 7.33. The molecule has 0 aromatic carbocycles. The summed E-state index contributed by atoms with van der Waals surface area (Å²) in [7, 11) is 0. The molecule has 0 aliphatic heterocycles. The number of hydrogen-bond acceptors (Lipinski definition) is 4. The van der Waals surface area contributed by atoms with Crippen molar-refractivity contribution < 1.29 is 19.1 Å². The van der Waals surface area contributed by atoms with Crippen LogP contribution in [0.2, 0.25) is 0 Å². The lowest BCUT2D eigenvalue weighted by atomic mass is 9.43. The van der Waals surface area contributed by atoms with Crippen molar-refractivity contribution in [1.29, 1.82) is 0 Å². The zero-order valence-corrected chi connectivity index (χ0v) is 14.3. The summed E-state index contributed by atoms with van der Waals surface area (Å²) in [6, 6.07) is 0.